The van der Waals surface area contributed by atoms with Crippen LogP contribution in [0.25, 0.3) is 0 Å². The number of nitrogens with zero attached hydrogens (tertiary/aromatic N) is 1. The van der Waals surface area contributed by atoms with Crippen LogP contribution in [0.4, 0.5) is 0 Å². The zero-order valence-electron chi connectivity index (χ0n) is 10.0. The summed E-state index contributed by atoms with van der Waals surface area (Å²) in [5.41, 5.74) is -0.114. The maximum absolute atomic E-state index is 10.4. The Kier molecular flexibility index (Phi) is 5.06. The Morgan fingerprint density at radius 1 is 1.43 bits per heavy atom. The number of hydrogen-bond donors (Lipinski definition) is 1. The fourth-order valence-electron chi connectivity index (χ4n) is 1.50. The number of aliphatic imine (C=N–C) groups is 1. The van der Waals surface area contributed by atoms with E-state index in [0.29, 0.717) is 12.1 Å². The molecule has 0 aromatic heterocycles. The molecule has 1 unspecified atom stereocenters. The van der Waals surface area contributed by atoms with Gasteiger partial charge in [-0.1, -0.05) is 27.4 Å². The van der Waals surface area contributed by atoms with Crippen molar-refractivity contribution in [3.63, 3.8) is 0 Å². The highest BCUT2D eigenvalue weighted by Crippen LogP contribution is 2.24. The Morgan fingerprint density at radius 3 is 2.14 bits per heavy atom. The lowest BCUT2D eigenvalue weighted by Crippen LogP contribution is -2.42. The van der Waals surface area contributed by atoms with Crippen molar-refractivity contribution in [1.29, 1.82) is 0 Å². The monoisotopic (exact) mass is 197 g/mol. The standard InChI is InChI=1S/C12H23NO/c1-7-11(13-10(5)6)12(14,8-2)9(3)4/h7,9-10,14H,1,8H2,2-6H3. The van der Waals surface area contributed by atoms with Crippen LogP contribution in [0.5, 0.6) is 0 Å². The van der Waals surface area contributed by atoms with Gasteiger partial charge in [0.25, 0.3) is 0 Å². The highest BCUT2D eigenvalue weighted by molar-refractivity contribution is 6.01. The van der Waals surface area contributed by atoms with Crippen LogP contribution < -0.4 is 0 Å². The van der Waals surface area contributed by atoms with E-state index in [4.69, 9.17) is 0 Å². The highest BCUT2D eigenvalue weighted by Gasteiger charge is 2.33. The smallest absolute Gasteiger partial charge is 0.108 e. The van der Waals surface area contributed by atoms with Gasteiger partial charge in [-0.3, -0.25) is 4.99 Å². The van der Waals surface area contributed by atoms with Crippen molar-refractivity contribution < 1.29 is 5.11 Å². The van der Waals surface area contributed by atoms with E-state index in [1.54, 1.807) is 6.08 Å². The molecule has 0 rings (SSSR count). The molecule has 2 nitrogen and oxygen atoms in total. The van der Waals surface area contributed by atoms with Crippen LogP contribution in [0.15, 0.2) is 17.6 Å². The summed E-state index contributed by atoms with van der Waals surface area (Å²) in [6.45, 7) is 13.7. The first kappa shape index (κ1) is 13.4. The van der Waals surface area contributed by atoms with Crippen molar-refractivity contribution in [1.82, 2.24) is 0 Å². The summed E-state index contributed by atoms with van der Waals surface area (Å²) in [5, 5.41) is 10.4. The molecule has 0 aliphatic rings. The van der Waals surface area contributed by atoms with Crippen molar-refractivity contribution in [3.05, 3.63) is 12.7 Å². The second-order valence-electron chi connectivity index (χ2n) is 4.24. The molecule has 1 N–H and O–H groups in total. The molecule has 0 saturated carbocycles. The van der Waals surface area contributed by atoms with E-state index in [9.17, 15) is 5.11 Å². The Labute approximate surface area is 87.8 Å². The van der Waals surface area contributed by atoms with Crippen molar-refractivity contribution in [2.75, 3.05) is 0 Å². The van der Waals surface area contributed by atoms with E-state index in [1.807, 2.05) is 34.6 Å². The summed E-state index contributed by atoms with van der Waals surface area (Å²) in [6.07, 6.45) is 2.34. The summed E-state index contributed by atoms with van der Waals surface area (Å²) >= 11 is 0. The van der Waals surface area contributed by atoms with Gasteiger partial charge in [-0.2, -0.15) is 0 Å². The average molecular weight is 197 g/mol. The Hall–Kier alpha value is -0.630. The van der Waals surface area contributed by atoms with Gasteiger partial charge in [-0.05, 0) is 32.3 Å². The number of rotatable bonds is 5. The highest BCUT2D eigenvalue weighted by atomic mass is 16.3. The minimum absolute atomic E-state index is 0.156. The Morgan fingerprint density at radius 2 is 1.93 bits per heavy atom. The SMILES string of the molecule is C=CC(=NC(C)C)C(O)(CC)C(C)C. The van der Waals surface area contributed by atoms with Gasteiger partial charge in [-0.25, -0.2) is 0 Å². The molecule has 0 spiro atoms. The molecule has 82 valence electrons. The zero-order chi connectivity index (χ0) is 11.4. The van der Waals surface area contributed by atoms with Crippen LogP contribution in [-0.2, 0) is 0 Å². The molecule has 0 radical (unpaired) electrons. The molecular weight excluding hydrogens is 174 g/mol. The van der Waals surface area contributed by atoms with Crippen LogP contribution in [0.2, 0.25) is 0 Å². The molecule has 0 aromatic rings. The van der Waals surface area contributed by atoms with Gasteiger partial charge in [0, 0.05) is 6.04 Å². The van der Waals surface area contributed by atoms with E-state index in [-0.39, 0.29) is 12.0 Å². The van der Waals surface area contributed by atoms with Crippen LogP contribution in [-0.4, -0.2) is 22.5 Å². The Balaban J connectivity index is 5.06. The first-order valence-corrected chi connectivity index (χ1v) is 5.31. The lowest BCUT2D eigenvalue weighted by Gasteiger charge is -2.31. The Bertz CT molecular complexity index is 218. The van der Waals surface area contributed by atoms with Crippen molar-refractivity contribution in [2.24, 2.45) is 10.9 Å². The third kappa shape index (κ3) is 2.95. The van der Waals surface area contributed by atoms with Crippen molar-refractivity contribution >= 4 is 5.71 Å². The molecule has 0 fully saturated rings. The number of hydrogen-bond acceptors (Lipinski definition) is 2. The van der Waals surface area contributed by atoms with E-state index < -0.39 is 5.60 Å². The lowest BCUT2D eigenvalue weighted by atomic mass is 9.83. The second-order valence-corrected chi connectivity index (χ2v) is 4.24. The minimum atomic E-state index is -0.827. The first-order chi connectivity index (χ1) is 6.38. The molecule has 0 heterocycles. The molecule has 1 atom stereocenters. The summed E-state index contributed by atoms with van der Waals surface area (Å²) in [5.74, 6) is 0.156. The quantitative estimate of drug-likeness (QED) is 0.675. The molecule has 0 aliphatic heterocycles. The van der Waals surface area contributed by atoms with Gasteiger partial charge >= 0.3 is 0 Å². The molecule has 0 amide bonds. The average Bonchev–Trinajstić information content (AvgIpc) is 2.12. The van der Waals surface area contributed by atoms with E-state index in [0.717, 1.165) is 0 Å². The van der Waals surface area contributed by atoms with Crippen LogP contribution in [0, 0.1) is 5.92 Å². The zero-order valence-corrected chi connectivity index (χ0v) is 10.0. The predicted molar refractivity (Wildman–Crippen MR) is 62.8 cm³/mol. The fraction of sp³-hybridized carbons (Fsp3) is 0.750. The first-order valence-electron chi connectivity index (χ1n) is 5.31. The maximum Gasteiger partial charge on any atom is 0.108 e. The number of aliphatic hydroxyl groups is 1. The van der Waals surface area contributed by atoms with E-state index >= 15 is 0 Å². The van der Waals surface area contributed by atoms with E-state index in [2.05, 4.69) is 11.6 Å². The predicted octanol–water partition coefficient (Wildman–Crippen LogP) is 2.82. The minimum Gasteiger partial charge on any atom is -0.383 e. The summed E-state index contributed by atoms with van der Waals surface area (Å²) in [6, 6.07) is 0.194. The van der Waals surface area contributed by atoms with Crippen LogP contribution >= 0.6 is 0 Å². The van der Waals surface area contributed by atoms with Gasteiger partial charge in [0.1, 0.15) is 5.60 Å². The largest absolute Gasteiger partial charge is 0.383 e. The fourth-order valence-corrected chi connectivity index (χ4v) is 1.50. The normalized spacial score (nSPS) is 17.3. The molecular formula is C12H23NO. The summed E-state index contributed by atoms with van der Waals surface area (Å²) in [4.78, 5) is 4.41. The van der Waals surface area contributed by atoms with Crippen LogP contribution in [0.3, 0.4) is 0 Å². The summed E-state index contributed by atoms with van der Waals surface area (Å²) < 4.78 is 0. The van der Waals surface area contributed by atoms with Crippen molar-refractivity contribution in [3.8, 4) is 0 Å². The van der Waals surface area contributed by atoms with E-state index in [1.165, 1.54) is 0 Å². The molecule has 14 heavy (non-hydrogen) atoms. The van der Waals surface area contributed by atoms with Gasteiger partial charge in [0.05, 0.1) is 5.71 Å². The molecule has 0 saturated heterocycles. The molecule has 0 aromatic carbocycles. The van der Waals surface area contributed by atoms with Crippen molar-refractivity contribution in [2.45, 2.75) is 52.7 Å². The van der Waals surface area contributed by atoms with Gasteiger partial charge < -0.3 is 5.11 Å². The maximum atomic E-state index is 10.4. The lowest BCUT2D eigenvalue weighted by molar-refractivity contribution is 0.0603. The van der Waals surface area contributed by atoms with Gasteiger partial charge in [-0.15, -0.1) is 0 Å². The second kappa shape index (κ2) is 5.30. The summed E-state index contributed by atoms with van der Waals surface area (Å²) in [7, 11) is 0. The third-order valence-electron chi connectivity index (χ3n) is 2.53. The van der Waals surface area contributed by atoms with Gasteiger partial charge in [0.2, 0.25) is 0 Å². The molecule has 0 bridgehead atoms. The topological polar surface area (TPSA) is 32.6 Å². The molecule has 0 aliphatic carbocycles. The third-order valence-corrected chi connectivity index (χ3v) is 2.53. The molecule has 2 heteroatoms. The van der Waals surface area contributed by atoms with Gasteiger partial charge in [0.15, 0.2) is 0 Å². The van der Waals surface area contributed by atoms with Crippen LogP contribution in [0.1, 0.15) is 41.0 Å².